The van der Waals surface area contributed by atoms with Gasteiger partial charge in [-0.05, 0) is 24.0 Å². The number of aryl methyl sites for hydroxylation is 1. The Morgan fingerprint density at radius 1 is 1.31 bits per heavy atom. The summed E-state index contributed by atoms with van der Waals surface area (Å²) in [5, 5.41) is 10.9. The molecule has 1 heterocycles. The Morgan fingerprint density at radius 2 is 1.94 bits per heavy atom. The minimum Gasteiger partial charge on any atom is -0.545 e. The molecule has 0 amide bonds. The van der Waals surface area contributed by atoms with Crippen molar-refractivity contribution in [3.63, 3.8) is 0 Å². The Labute approximate surface area is 140 Å². The second-order valence-corrected chi connectivity index (χ2v) is 3.90. The van der Waals surface area contributed by atoms with Gasteiger partial charge >= 0.3 is 51.4 Å². The summed E-state index contributed by atoms with van der Waals surface area (Å²) in [7, 11) is 0. The van der Waals surface area contributed by atoms with E-state index in [2.05, 4.69) is 4.37 Å². The Hall–Kier alpha value is -0.0436. The number of aromatic carboxylic acids is 1. The predicted molar refractivity (Wildman–Crippen MR) is 56.6 cm³/mol. The fraction of sp³-hybridized carbons (Fsp3) is 0.0909. The first-order valence-electron chi connectivity index (χ1n) is 4.43. The Bertz CT molecular complexity index is 496. The monoisotopic (exact) mass is 257 g/mol. The van der Waals surface area contributed by atoms with Crippen LogP contribution in [-0.2, 0) is 0 Å². The summed E-state index contributed by atoms with van der Waals surface area (Å²) >= 11 is 1.19. The van der Waals surface area contributed by atoms with Gasteiger partial charge in [-0.1, -0.05) is 30.3 Å². The van der Waals surface area contributed by atoms with Crippen LogP contribution in [0.5, 0.6) is 0 Å². The van der Waals surface area contributed by atoms with Gasteiger partial charge in [0.15, 0.2) is 0 Å². The van der Waals surface area contributed by atoms with Gasteiger partial charge in [-0.3, -0.25) is 0 Å². The molecule has 2 aromatic rings. The van der Waals surface area contributed by atoms with E-state index in [1.807, 2.05) is 30.3 Å². The minimum atomic E-state index is -1.17. The number of carboxylic acid groups (broad SMARTS) is 1. The van der Waals surface area contributed by atoms with Crippen molar-refractivity contribution in [2.45, 2.75) is 6.92 Å². The molecule has 0 unspecified atom stereocenters. The molecule has 16 heavy (non-hydrogen) atoms. The molecule has 0 saturated heterocycles. The van der Waals surface area contributed by atoms with Crippen LogP contribution in [0.4, 0.5) is 0 Å². The third kappa shape index (κ3) is 2.79. The molecule has 1 aromatic carbocycles. The van der Waals surface area contributed by atoms with Gasteiger partial charge in [-0.2, -0.15) is 4.37 Å². The third-order valence-corrected chi connectivity index (χ3v) is 3.09. The molecule has 0 aliphatic carbocycles. The van der Waals surface area contributed by atoms with Crippen LogP contribution in [0.1, 0.15) is 16.1 Å². The van der Waals surface area contributed by atoms with Crippen molar-refractivity contribution in [3.05, 3.63) is 41.6 Å². The number of rotatable bonds is 2. The van der Waals surface area contributed by atoms with Crippen LogP contribution in [0.25, 0.3) is 10.4 Å². The van der Waals surface area contributed by atoms with Gasteiger partial charge < -0.3 is 9.90 Å². The summed E-state index contributed by atoms with van der Waals surface area (Å²) in [6.07, 6.45) is 0. The number of aromatic nitrogens is 1. The number of carbonyl (C=O) groups is 1. The van der Waals surface area contributed by atoms with Crippen molar-refractivity contribution in [2.75, 3.05) is 0 Å². The summed E-state index contributed by atoms with van der Waals surface area (Å²) in [4.78, 5) is 11.6. The van der Waals surface area contributed by atoms with E-state index >= 15 is 0 Å². The van der Waals surface area contributed by atoms with Crippen molar-refractivity contribution in [1.29, 1.82) is 0 Å². The molecule has 2 rings (SSSR count). The summed E-state index contributed by atoms with van der Waals surface area (Å²) in [6.45, 7) is 1.67. The number of hydrogen-bond donors (Lipinski definition) is 0. The van der Waals surface area contributed by atoms with Crippen LogP contribution < -0.4 is 56.5 Å². The zero-order valence-electron chi connectivity index (χ0n) is 9.06. The van der Waals surface area contributed by atoms with Crippen molar-refractivity contribution >= 4 is 17.5 Å². The van der Waals surface area contributed by atoms with Crippen LogP contribution in [0.3, 0.4) is 0 Å². The van der Waals surface area contributed by atoms with E-state index in [0.717, 1.165) is 5.56 Å². The second kappa shape index (κ2) is 6.04. The number of carboxylic acids is 1. The molecule has 0 radical (unpaired) electrons. The van der Waals surface area contributed by atoms with Crippen molar-refractivity contribution in [2.24, 2.45) is 0 Å². The van der Waals surface area contributed by atoms with Crippen LogP contribution in [0.2, 0.25) is 0 Å². The normalized spacial score (nSPS) is 9.56. The molecular formula is C11H8KNO2S. The number of benzene rings is 1. The van der Waals surface area contributed by atoms with Gasteiger partial charge in [0.1, 0.15) is 0 Å². The minimum absolute atomic E-state index is 0. The topological polar surface area (TPSA) is 53.0 Å². The smallest absolute Gasteiger partial charge is 0.545 e. The molecule has 0 fully saturated rings. The van der Waals surface area contributed by atoms with Crippen molar-refractivity contribution in [3.8, 4) is 10.4 Å². The average molecular weight is 257 g/mol. The SMILES string of the molecule is Cc1nsc(-c2ccccc2)c1C(=O)[O-].[K+]. The molecule has 0 N–H and O–H groups in total. The maximum Gasteiger partial charge on any atom is 1.00 e. The molecule has 76 valence electrons. The van der Waals surface area contributed by atoms with Crippen molar-refractivity contribution < 1.29 is 61.3 Å². The van der Waals surface area contributed by atoms with Crippen LogP contribution in [0.15, 0.2) is 30.3 Å². The van der Waals surface area contributed by atoms with E-state index in [0.29, 0.717) is 10.6 Å². The summed E-state index contributed by atoms with van der Waals surface area (Å²) in [5.74, 6) is -1.17. The Balaban J connectivity index is 0.00000128. The zero-order valence-corrected chi connectivity index (χ0v) is 13.0. The number of hydrogen-bond acceptors (Lipinski definition) is 4. The molecule has 0 aliphatic rings. The Kier molecular flexibility index (Phi) is 5.29. The van der Waals surface area contributed by atoms with E-state index in [1.165, 1.54) is 11.5 Å². The first kappa shape index (κ1) is 14.0. The van der Waals surface area contributed by atoms with Gasteiger partial charge in [0.25, 0.3) is 0 Å². The number of carbonyl (C=O) groups excluding carboxylic acids is 1. The van der Waals surface area contributed by atoms with Gasteiger partial charge in [0.2, 0.25) is 0 Å². The van der Waals surface area contributed by atoms with E-state index in [4.69, 9.17) is 0 Å². The summed E-state index contributed by atoms with van der Waals surface area (Å²) in [6, 6.07) is 9.34. The van der Waals surface area contributed by atoms with Gasteiger partial charge in [-0.25, -0.2) is 0 Å². The molecule has 3 nitrogen and oxygen atoms in total. The fourth-order valence-corrected chi connectivity index (χ4v) is 2.28. The maximum absolute atomic E-state index is 10.9. The quantitative estimate of drug-likeness (QED) is 0.614. The average Bonchev–Trinajstić information content (AvgIpc) is 2.61. The fourth-order valence-electron chi connectivity index (χ4n) is 1.40. The molecule has 0 bridgehead atoms. The standard InChI is InChI=1S/C11H9NO2S.K/c1-7-9(11(13)14)10(15-12-7)8-5-3-2-4-6-8;/h2-6H,1H3,(H,13,14);/q;+1/p-1. The second-order valence-electron chi connectivity index (χ2n) is 3.13. The Morgan fingerprint density at radius 3 is 2.50 bits per heavy atom. The zero-order chi connectivity index (χ0) is 10.8. The van der Waals surface area contributed by atoms with E-state index < -0.39 is 5.97 Å². The molecule has 0 atom stereocenters. The van der Waals surface area contributed by atoms with E-state index in [9.17, 15) is 9.90 Å². The predicted octanol–water partition coefficient (Wildman–Crippen LogP) is -1.51. The molecule has 1 aromatic heterocycles. The van der Waals surface area contributed by atoms with Gasteiger partial charge in [-0.15, -0.1) is 0 Å². The summed E-state index contributed by atoms with van der Waals surface area (Å²) < 4.78 is 4.04. The first-order chi connectivity index (χ1) is 7.20. The largest absolute Gasteiger partial charge is 1.00 e. The number of nitrogens with zero attached hydrogens (tertiary/aromatic N) is 1. The van der Waals surface area contributed by atoms with E-state index in [-0.39, 0.29) is 56.9 Å². The molecule has 0 saturated carbocycles. The molecule has 5 heteroatoms. The van der Waals surface area contributed by atoms with Crippen LogP contribution in [-0.4, -0.2) is 10.3 Å². The molecule has 0 spiro atoms. The van der Waals surface area contributed by atoms with E-state index in [1.54, 1.807) is 6.92 Å². The van der Waals surface area contributed by atoms with Gasteiger partial charge in [0, 0.05) is 5.56 Å². The molecule has 0 aliphatic heterocycles. The third-order valence-electron chi connectivity index (χ3n) is 2.10. The maximum atomic E-state index is 10.9. The van der Waals surface area contributed by atoms with Crippen molar-refractivity contribution in [1.82, 2.24) is 4.37 Å². The van der Waals surface area contributed by atoms with Crippen LogP contribution in [0, 0.1) is 6.92 Å². The molecular weight excluding hydrogens is 249 g/mol. The first-order valence-corrected chi connectivity index (χ1v) is 5.20. The summed E-state index contributed by atoms with van der Waals surface area (Å²) in [5.41, 5.74) is 1.58. The van der Waals surface area contributed by atoms with Gasteiger partial charge in [0.05, 0.1) is 16.5 Å². The van der Waals surface area contributed by atoms with Crippen LogP contribution >= 0.6 is 11.5 Å².